The SMILES string of the molecule is COc1ccc(Cl)cc1NC(=O)COC(=O)[C@@H]1[C@H]2CC[C@@H](C2)[C@H]1C(=O)c1ccccc1. The van der Waals surface area contributed by atoms with Crippen molar-refractivity contribution >= 4 is 34.9 Å². The molecule has 2 aliphatic carbocycles. The average Bonchev–Trinajstić information content (AvgIpc) is 3.39. The van der Waals surface area contributed by atoms with E-state index in [4.69, 9.17) is 21.1 Å². The van der Waals surface area contributed by atoms with Crippen molar-refractivity contribution in [1.29, 1.82) is 0 Å². The zero-order valence-electron chi connectivity index (χ0n) is 17.2. The van der Waals surface area contributed by atoms with E-state index in [0.29, 0.717) is 22.0 Å². The van der Waals surface area contributed by atoms with E-state index in [2.05, 4.69) is 5.32 Å². The molecule has 0 spiro atoms. The van der Waals surface area contributed by atoms with E-state index >= 15 is 0 Å². The first-order valence-corrected chi connectivity index (χ1v) is 10.7. The van der Waals surface area contributed by atoms with Crippen molar-refractivity contribution in [1.82, 2.24) is 0 Å². The van der Waals surface area contributed by atoms with Crippen molar-refractivity contribution in [3.63, 3.8) is 0 Å². The summed E-state index contributed by atoms with van der Waals surface area (Å²) in [6.45, 7) is -0.436. The van der Waals surface area contributed by atoms with Gasteiger partial charge in [-0.2, -0.15) is 0 Å². The second-order valence-electron chi connectivity index (χ2n) is 8.12. The highest BCUT2D eigenvalue weighted by atomic mass is 35.5. The molecule has 2 aliphatic rings. The Morgan fingerprint density at radius 1 is 1.03 bits per heavy atom. The summed E-state index contributed by atoms with van der Waals surface area (Å²) in [4.78, 5) is 38.4. The zero-order chi connectivity index (χ0) is 22.0. The fourth-order valence-electron chi connectivity index (χ4n) is 5.00. The molecular weight excluding hydrogens is 418 g/mol. The molecule has 1 N–H and O–H groups in total. The van der Waals surface area contributed by atoms with Gasteiger partial charge in [0.05, 0.1) is 18.7 Å². The van der Waals surface area contributed by atoms with Gasteiger partial charge in [-0.05, 0) is 49.3 Å². The number of carbonyl (C=O) groups is 3. The number of nitrogens with one attached hydrogen (secondary N) is 1. The van der Waals surface area contributed by atoms with Crippen LogP contribution in [0.4, 0.5) is 5.69 Å². The summed E-state index contributed by atoms with van der Waals surface area (Å²) in [5.74, 6) is -1.10. The van der Waals surface area contributed by atoms with Crippen LogP contribution in [0.1, 0.15) is 29.6 Å². The van der Waals surface area contributed by atoms with Crippen LogP contribution in [-0.4, -0.2) is 31.4 Å². The fourth-order valence-corrected chi connectivity index (χ4v) is 5.17. The molecule has 2 bridgehead atoms. The van der Waals surface area contributed by atoms with Crippen molar-refractivity contribution in [2.24, 2.45) is 23.7 Å². The number of benzene rings is 2. The first-order valence-electron chi connectivity index (χ1n) is 10.4. The molecule has 4 atom stereocenters. The molecule has 2 saturated carbocycles. The fraction of sp³-hybridized carbons (Fsp3) is 0.375. The van der Waals surface area contributed by atoms with E-state index in [1.807, 2.05) is 18.2 Å². The monoisotopic (exact) mass is 441 g/mol. The third kappa shape index (κ3) is 4.44. The number of halogens is 1. The minimum absolute atomic E-state index is 0.0112. The molecule has 31 heavy (non-hydrogen) atoms. The van der Waals surface area contributed by atoms with Gasteiger partial charge in [0.2, 0.25) is 0 Å². The summed E-state index contributed by atoms with van der Waals surface area (Å²) >= 11 is 5.98. The Bertz CT molecular complexity index is 993. The van der Waals surface area contributed by atoms with Gasteiger partial charge < -0.3 is 14.8 Å². The lowest BCUT2D eigenvalue weighted by Crippen LogP contribution is -2.37. The van der Waals surface area contributed by atoms with Crippen LogP contribution in [0.5, 0.6) is 5.75 Å². The molecule has 0 radical (unpaired) electrons. The first-order chi connectivity index (χ1) is 15.0. The van der Waals surface area contributed by atoms with Crippen molar-refractivity contribution in [2.45, 2.75) is 19.3 Å². The topological polar surface area (TPSA) is 81.7 Å². The number of ether oxygens (including phenoxy) is 2. The Labute approximate surface area is 185 Å². The summed E-state index contributed by atoms with van der Waals surface area (Å²) in [7, 11) is 1.48. The van der Waals surface area contributed by atoms with E-state index in [0.717, 1.165) is 19.3 Å². The van der Waals surface area contributed by atoms with Crippen LogP contribution in [0.2, 0.25) is 5.02 Å². The van der Waals surface area contributed by atoms with Gasteiger partial charge in [0, 0.05) is 16.5 Å². The molecule has 0 aliphatic heterocycles. The summed E-state index contributed by atoms with van der Waals surface area (Å²) in [6, 6.07) is 13.9. The molecule has 7 heteroatoms. The molecular formula is C24H24ClNO5. The van der Waals surface area contributed by atoms with Gasteiger partial charge in [0.1, 0.15) is 5.75 Å². The molecule has 162 valence electrons. The maximum absolute atomic E-state index is 13.1. The highest BCUT2D eigenvalue weighted by Crippen LogP contribution is 2.53. The zero-order valence-corrected chi connectivity index (χ0v) is 17.9. The molecule has 0 aromatic heterocycles. The summed E-state index contributed by atoms with van der Waals surface area (Å²) in [5, 5.41) is 3.09. The summed E-state index contributed by atoms with van der Waals surface area (Å²) in [6.07, 6.45) is 2.72. The largest absolute Gasteiger partial charge is 0.495 e. The number of hydrogen-bond acceptors (Lipinski definition) is 5. The van der Waals surface area contributed by atoms with E-state index in [1.165, 1.54) is 7.11 Å². The van der Waals surface area contributed by atoms with E-state index < -0.39 is 24.4 Å². The van der Waals surface area contributed by atoms with Crippen molar-refractivity contribution in [3.8, 4) is 5.75 Å². The maximum Gasteiger partial charge on any atom is 0.310 e. The molecule has 1 amide bonds. The lowest BCUT2D eigenvalue weighted by Gasteiger charge is -2.28. The summed E-state index contributed by atoms with van der Waals surface area (Å²) in [5.41, 5.74) is 1.01. The molecule has 2 fully saturated rings. The Morgan fingerprint density at radius 2 is 1.74 bits per heavy atom. The van der Waals surface area contributed by atoms with Crippen LogP contribution in [0, 0.1) is 23.7 Å². The molecule has 4 rings (SSSR count). The number of hydrogen-bond donors (Lipinski definition) is 1. The highest BCUT2D eigenvalue weighted by Gasteiger charge is 2.54. The van der Waals surface area contributed by atoms with Crippen LogP contribution in [-0.2, 0) is 14.3 Å². The second kappa shape index (κ2) is 9.10. The normalized spacial score (nSPS) is 23.9. The Kier molecular flexibility index (Phi) is 6.28. The van der Waals surface area contributed by atoms with Crippen molar-refractivity contribution in [3.05, 3.63) is 59.1 Å². The van der Waals surface area contributed by atoms with E-state index in [-0.39, 0.29) is 23.5 Å². The lowest BCUT2D eigenvalue weighted by atomic mass is 9.75. The van der Waals surface area contributed by atoms with Crippen LogP contribution in [0.3, 0.4) is 0 Å². The molecule has 0 heterocycles. The standard InChI is InChI=1S/C24H24ClNO5/c1-30-19-10-9-17(25)12-18(19)26-20(27)13-31-24(29)22-16-8-7-15(11-16)21(22)23(28)14-5-3-2-4-6-14/h2-6,9-10,12,15-16,21-22H,7-8,11,13H2,1H3,(H,26,27)/t15-,16-,21+,22+/m0/s1. The first kappa shape index (κ1) is 21.4. The van der Waals surface area contributed by atoms with Crippen LogP contribution in [0.15, 0.2) is 48.5 Å². The van der Waals surface area contributed by atoms with E-state index in [9.17, 15) is 14.4 Å². The predicted octanol–water partition coefficient (Wildman–Crippen LogP) is 4.38. The molecule has 0 saturated heterocycles. The number of fused-ring (bicyclic) bond motifs is 2. The quantitative estimate of drug-likeness (QED) is 0.509. The number of ketones is 1. The molecule has 0 unspecified atom stereocenters. The maximum atomic E-state index is 13.1. The lowest BCUT2D eigenvalue weighted by molar-refractivity contribution is -0.154. The van der Waals surface area contributed by atoms with Crippen LogP contribution in [0.25, 0.3) is 0 Å². The minimum atomic E-state index is -0.500. The third-order valence-corrected chi connectivity index (χ3v) is 6.57. The average molecular weight is 442 g/mol. The Morgan fingerprint density at radius 3 is 2.45 bits per heavy atom. The van der Waals surface area contributed by atoms with Gasteiger partial charge in [-0.1, -0.05) is 41.9 Å². The number of Topliss-reactive ketones (excluding diaryl/α,β-unsaturated/α-hetero) is 1. The van der Waals surface area contributed by atoms with Gasteiger partial charge in [-0.25, -0.2) is 0 Å². The van der Waals surface area contributed by atoms with Gasteiger partial charge in [0.15, 0.2) is 12.4 Å². The van der Waals surface area contributed by atoms with Gasteiger partial charge in [-0.3, -0.25) is 14.4 Å². The number of carbonyl (C=O) groups excluding carboxylic acids is 3. The number of amides is 1. The van der Waals surface area contributed by atoms with Crippen molar-refractivity contribution < 1.29 is 23.9 Å². The van der Waals surface area contributed by atoms with Gasteiger partial charge >= 0.3 is 5.97 Å². The highest BCUT2D eigenvalue weighted by molar-refractivity contribution is 6.31. The van der Waals surface area contributed by atoms with Crippen LogP contribution < -0.4 is 10.1 Å². The van der Waals surface area contributed by atoms with Crippen molar-refractivity contribution in [2.75, 3.05) is 19.0 Å². The summed E-state index contributed by atoms with van der Waals surface area (Å²) < 4.78 is 10.6. The Hall–Kier alpha value is -2.86. The molecule has 6 nitrogen and oxygen atoms in total. The van der Waals surface area contributed by atoms with Gasteiger partial charge in [-0.15, -0.1) is 0 Å². The third-order valence-electron chi connectivity index (χ3n) is 6.33. The minimum Gasteiger partial charge on any atom is -0.495 e. The number of rotatable bonds is 7. The number of methoxy groups -OCH3 is 1. The second-order valence-corrected chi connectivity index (χ2v) is 8.55. The number of esters is 1. The smallest absolute Gasteiger partial charge is 0.310 e. The number of anilines is 1. The van der Waals surface area contributed by atoms with Gasteiger partial charge in [0.25, 0.3) is 5.91 Å². The molecule has 2 aromatic carbocycles. The Balaban J connectivity index is 1.41. The molecule has 2 aromatic rings. The predicted molar refractivity (Wildman–Crippen MR) is 116 cm³/mol. The van der Waals surface area contributed by atoms with Crippen LogP contribution >= 0.6 is 11.6 Å². The van der Waals surface area contributed by atoms with E-state index in [1.54, 1.807) is 30.3 Å².